The average molecular weight is 381 g/mol. The molecule has 2 heterocycles. The Labute approximate surface area is 150 Å². The highest BCUT2D eigenvalue weighted by Gasteiger charge is 2.29. The van der Waals surface area contributed by atoms with Gasteiger partial charge in [-0.2, -0.15) is 4.31 Å². The summed E-state index contributed by atoms with van der Waals surface area (Å²) in [6.45, 7) is 3.93. The number of piperazine rings is 1. The molecular weight excluding hydrogens is 362 g/mol. The fourth-order valence-corrected chi connectivity index (χ4v) is 5.66. The molecule has 9 heteroatoms. The van der Waals surface area contributed by atoms with E-state index in [0.29, 0.717) is 30.4 Å². The summed E-state index contributed by atoms with van der Waals surface area (Å²) < 4.78 is 27.4. The van der Waals surface area contributed by atoms with E-state index in [2.05, 4.69) is 0 Å². The number of thiophene rings is 1. The van der Waals surface area contributed by atoms with Crippen LogP contribution in [-0.4, -0.2) is 43.8 Å². The van der Waals surface area contributed by atoms with Crippen LogP contribution in [0.1, 0.15) is 11.8 Å². The van der Waals surface area contributed by atoms with E-state index in [-0.39, 0.29) is 5.69 Å². The zero-order chi connectivity index (χ0) is 18.0. The van der Waals surface area contributed by atoms with Crippen LogP contribution in [0, 0.1) is 10.1 Å². The predicted molar refractivity (Wildman–Crippen MR) is 97.8 cm³/mol. The van der Waals surface area contributed by atoms with E-state index in [1.165, 1.54) is 27.8 Å². The third-order valence-electron chi connectivity index (χ3n) is 4.24. The lowest BCUT2D eigenvalue weighted by atomic mass is 10.2. The van der Waals surface area contributed by atoms with Gasteiger partial charge in [-0.15, -0.1) is 11.3 Å². The molecule has 0 bridgehead atoms. The van der Waals surface area contributed by atoms with Crippen LogP contribution in [-0.2, 0) is 16.4 Å². The molecule has 1 aromatic heterocycles. The molecule has 0 saturated carbocycles. The molecule has 1 fully saturated rings. The maximum Gasteiger partial charge on any atom is 0.269 e. The fraction of sp³-hybridized carbons (Fsp3) is 0.375. The van der Waals surface area contributed by atoms with E-state index < -0.39 is 14.9 Å². The number of nitro benzene ring substituents is 1. The van der Waals surface area contributed by atoms with Crippen LogP contribution in [0.3, 0.4) is 0 Å². The first kappa shape index (κ1) is 17.8. The van der Waals surface area contributed by atoms with Gasteiger partial charge in [-0.05, 0) is 30.7 Å². The van der Waals surface area contributed by atoms with Gasteiger partial charge in [0.1, 0.15) is 4.21 Å². The SMILES string of the molecule is CCc1ccc(S(=O)(=O)N2CCN(c3ccc([N+](=O)[O-])cc3)CC2)s1. The van der Waals surface area contributed by atoms with Gasteiger partial charge in [0, 0.05) is 48.9 Å². The molecule has 1 aliphatic rings. The van der Waals surface area contributed by atoms with Crippen LogP contribution in [0.4, 0.5) is 11.4 Å². The highest BCUT2D eigenvalue weighted by atomic mass is 32.2. The van der Waals surface area contributed by atoms with Crippen molar-refractivity contribution in [3.05, 3.63) is 51.4 Å². The van der Waals surface area contributed by atoms with Crippen molar-refractivity contribution in [3.63, 3.8) is 0 Å². The van der Waals surface area contributed by atoms with Crippen LogP contribution in [0.15, 0.2) is 40.6 Å². The molecule has 0 radical (unpaired) electrons. The van der Waals surface area contributed by atoms with Crippen molar-refractivity contribution in [2.24, 2.45) is 0 Å². The van der Waals surface area contributed by atoms with Crippen LogP contribution >= 0.6 is 11.3 Å². The van der Waals surface area contributed by atoms with Crippen molar-refractivity contribution in [2.45, 2.75) is 17.6 Å². The van der Waals surface area contributed by atoms with Crippen LogP contribution in [0.5, 0.6) is 0 Å². The molecule has 0 amide bonds. The molecular formula is C16H19N3O4S2. The van der Waals surface area contributed by atoms with Crippen molar-refractivity contribution in [3.8, 4) is 0 Å². The van der Waals surface area contributed by atoms with Gasteiger partial charge < -0.3 is 4.90 Å². The minimum atomic E-state index is -3.44. The van der Waals surface area contributed by atoms with Crippen molar-refractivity contribution in [1.29, 1.82) is 0 Å². The highest BCUT2D eigenvalue weighted by Crippen LogP contribution is 2.27. The Morgan fingerprint density at radius 1 is 1.08 bits per heavy atom. The zero-order valence-electron chi connectivity index (χ0n) is 13.8. The number of hydrogen-bond donors (Lipinski definition) is 0. The Bertz CT molecular complexity index is 854. The standard InChI is InChI=1S/C16H19N3O4S2/c1-2-15-7-8-16(24-15)25(22,23)18-11-9-17(10-12-18)13-3-5-14(6-4-13)19(20)21/h3-8H,2,9-12H2,1H3. The first-order chi connectivity index (χ1) is 11.9. The molecule has 0 unspecified atom stereocenters. The van der Waals surface area contributed by atoms with E-state index >= 15 is 0 Å². The summed E-state index contributed by atoms with van der Waals surface area (Å²) >= 11 is 1.33. The summed E-state index contributed by atoms with van der Waals surface area (Å²) in [5.41, 5.74) is 0.918. The Morgan fingerprint density at radius 2 is 1.72 bits per heavy atom. The molecule has 1 saturated heterocycles. The monoisotopic (exact) mass is 381 g/mol. The molecule has 2 aromatic rings. The Hall–Kier alpha value is -1.97. The fourth-order valence-electron chi connectivity index (χ4n) is 2.79. The number of rotatable bonds is 5. The molecule has 25 heavy (non-hydrogen) atoms. The van der Waals surface area contributed by atoms with Gasteiger partial charge in [0.2, 0.25) is 0 Å². The third-order valence-corrected chi connectivity index (χ3v) is 7.84. The molecule has 0 spiro atoms. The second-order valence-corrected chi connectivity index (χ2v) is 9.07. The van der Waals surface area contributed by atoms with Gasteiger partial charge in [-0.1, -0.05) is 6.92 Å². The van der Waals surface area contributed by atoms with E-state index in [1.54, 1.807) is 18.2 Å². The minimum absolute atomic E-state index is 0.0504. The molecule has 0 atom stereocenters. The minimum Gasteiger partial charge on any atom is -0.369 e. The topological polar surface area (TPSA) is 83.8 Å². The summed E-state index contributed by atoms with van der Waals surface area (Å²) in [6, 6.07) is 9.89. The van der Waals surface area contributed by atoms with Crippen molar-refractivity contribution < 1.29 is 13.3 Å². The normalized spacial score (nSPS) is 16.1. The largest absolute Gasteiger partial charge is 0.369 e. The number of aryl methyl sites for hydroxylation is 1. The molecule has 134 valence electrons. The third kappa shape index (κ3) is 3.68. The first-order valence-corrected chi connectivity index (χ1v) is 10.3. The smallest absolute Gasteiger partial charge is 0.269 e. The maximum absolute atomic E-state index is 12.7. The highest BCUT2D eigenvalue weighted by molar-refractivity contribution is 7.91. The van der Waals surface area contributed by atoms with Crippen LogP contribution in [0.25, 0.3) is 0 Å². The summed E-state index contributed by atoms with van der Waals surface area (Å²) in [4.78, 5) is 13.4. The number of nitrogens with zero attached hydrogens (tertiary/aromatic N) is 3. The van der Waals surface area contributed by atoms with Crippen LogP contribution < -0.4 is 4.90 Å². The molecule has 0 aliphatic carbocycles. The van der Waals surface area contributed by atoms with E-state index in [4.69, 9.17) is 0 Å². The summed E-state index contributed by atoms with van der Waals surface area (Å²) in [5.74, 6) is 0. The molecule has 1 aromatic carbocycles. The van der Waals surface area contributed by atoms with Crippen molar-refractivity contribution in [1.82, 2.24) is 4.31 Å². The lowest BCUT2D eigenvalue weighted by Crippen LogP contribution is -2.48. The van der Waals surface area contributed by atoms with Crippen molar-refractivity contribution >= 4 is 32.7 Å². The molecule has 1 aliphatic heterocycles. The molecule has 3 rings (SSSR count). The Balaban J connectivity index is 1.67. The second kappa shape index (κ2) is 7.11. The summed E-state index contributed by atoms with van der Waals surface area (Å²) in [7, 11) is -3.44. The average Bonchev–Trinajstić information content (AvgIpc) is 3.12. The van der Waals surface area contributed by atoms with Gasteiger partial charge >= 0.3 is 0 Å². The van der Waals surface area contributed by atoms with E-state index in [0.717, 1.165) is 17.0 Å². The molecule has 7 nitrogen and oxygen atoms in total. The van der Waals surface area contributed by atoms with Gasteiger partial charge in [0.15, 0.2) is 0 Å². The molecule has 0 N–H and O–H groups in total. The first-order valence-electron chi connectivity index (χ1n) is 8.00. The lowest BCUT2D eigenvalue weighted by Gasteiger charge is -2.35. The number of anilines is 1. The van der Waals surface area contributed by atoms with E-state index in [9.17, 15) is 18.5 Å². The summed E-state index contributed by atoms with van der Waals surface area (Å²) in [6.07, 6.45) is 0.827. The number of sulfonamides is 1. The van der Waals surface area contributed by atoms with Crippen LogP contribution in [0.2, 0.25) is 0 Å². The van der Waals surface area contributed by atoms with Gasteiger partial charge in [-0.25, -0.2) is 8.42 Å². The number of benzene rings is 1. The predicted octanol–water partition coefficient (Wildman–Crippen LogP) is 2.73. The van der Waals surface area contributed by atoms with Gasteiger partial charge in [0.25, 0.3) is 15.7 Å². The second-order valence-electron chi connectivity index (χ2n) is 5.74. The Kier molecular flexibility index (Phi) is 5.07. The Morgan fingerprint density at radius 3 is 2.24 bits per heavy atom. The zero-order valence-corrected chi connectivity index (χ0v) is 15.4. The number of nitro groups is 1. The lowest BCUT2D eigenvalue weighted by molar-refractivity contribution is -0.384. The van der Waals surface area contributed by atoms with Crippen molar-refractivity contribution in [2.75, 3.05) is 31.1 Å². The summed E-state index contributed by atoms with van der Waals surface area (Å²) in [5, 5.41) is 10.7. The number of hydrogen-bond acceptors (Lipinski definition) is 6. The quantitative estimate of drug-likeness (QED) is 0.587. The maximum atomic E-state index is 12.7. The number of non-ortho nitro benzene ring substituents is 1. The van der Waals surface area contributed by atoms with E-state index in [1.807, 2.05) is 17.9 Å². The van der Waals surface area contributed by atoms with Gasteiger partial charge in [0.05, 0.1) is 4.92 Å². The van der Waals surface area contributed by atoms with Gasteiger partial charge in [-0.3, -0.25) is 10.1 Å².